The average Bonchev–Trinajstić information content (AvgIpc) is 2.79. The van der Waals surface area contributed by atoms with Crippen LogP contribution in [0.2, 0.25) is 5.04 Å². The van der Waals surface area contributed by atoms with Gasteiger partial charge < -0.3 is 18.8 Å². The third-order valence-electron chi connectivity index (χ3n) is 6.24. The van der Waals surface area contributed by atoms with Gasteiger partial charge in [-0.25, -0.2) is 0 Å². The molecule has 0 saturated carbocycles. The number of rotatable bonds is 8. The van der Waals surface area contributed by atoms with Crippen LogP contribution in [0.3, 0.4) is 0 Å². The number of hydrogen-bond donors (Lipinski definition) is 0. The zero-order chi connectivity index (χ0) is 23.5. The molecular weight excluding hydrogens is 422 g/mol. The Bertz CT molecular complexity index is 889. The van der Waals surface area contributed by atoms with E-state index >= 15 is 0 Å². The summed E-state index contributed by atoms with van der Waals surface area (Å²) in [6, 6.07) is 20.3. The molecule has 7 heteroatoms. The highest BCUT2D eigenvalue weighted by atomic mass is 28.4. The van der Waals surface area contributed by atoms with Crippen molar-refractivity contribution < 1.29 is 23.5 Å². The first-order valence-corrected chi connectivity index (χ1v) is 12.8. The maximum atomic E-state index is 12.6. The molecule has 2 aromatic carbocycles. The lowest BCUT2D eigenvalue weighted by Crippen LogP contribution is -2.74. The fraction of sp³-hybridized carbons (Fsp3) is 0.440. The van der Waals surface area contributed by atoms with Crippen molar-refractivity contribution in [1.82, 2.24) is 4.90 Å². The van der Waals surface area contributed by atoms with Crippen molar-refractivity contribution in [2.45, 2.75) is 51.0 Å². The fourth-order valence-electron chi connectivity index (χ4n) is 4.70. The molecule has 1 aliphatic heterocycles. The summed E-state index contributed by atoms with van der Waals surface area (Å²) in [5.41, 5.74) is 0. The molecule has 0 radical (unpaired) electrons. The van der Waals surface area contributed by atoms with Crippen LogP contribution in [0.25, 0.3) is 0 Å². The molecule has 3 atom stereocenters. The number of carbonyl (C=O) groups is 2. The minimum absolute atomic E-state index is 0.117. The molecule has 0 unspecified atom stereocenters. The molecule has 1 aliphatic rings. The van der Waals surface area contributed by atoms with Crippen LogP contribution in [0.5, 0.6) is 0 Å². The number of esters is 1. The number of methoxy groups -OCH3 is 2. The Hall–Kier alpha value is -2.48. The van der Waals surface area contributed by atoms with Crippen molar-refractivity contribution >= 4 is 30.6 Å². The van der Waals surface area contributed by atoms with Gasteiger partial charge in [0.1, 0.15) is 6.54 Å². The maximum absolute atomic E-state index is 12.6. The van der Waals surface area contributed by atoms with Crippen molar-refractivity contribution in [2.75, 3.05) is 20.8 Å². The zero-order valence-corrected chi connectivity index (χ0v) is 20.7. The molecular formula is C25H33NO5Si. The zero-order valence-electron chi connectivity index (χ0n) is 19.7. The van der Waals surface area contributed by atoms with E-state index in [1.165, 1.54) is 19.1 Å². The SMILES string of the molecule is COC(=O)CN1C(=O)[C@@H](OC)[C@H]1[C@H](C)O[Si](c1ccccc1)(c1ccccc1)C(C)(C)C. The topological polar surface area (TPSA) is 65.1 Å². The van der Waals surface area contributed by atoms with Gasteiger partial charge in [0.25, 0.3) is 14.2 Å². The van der Waals surface area contributed by atoms with Crippen LogP contribution in [0.4, 0.5) is 0 Å². The molecule has 0 spiro atoms. The van der Waals surface area contributed by atoms with Crippen LogP contribution in [0, 0.1) is 0 Å². The lowest BCUT2D eigenvalue weighted by molar-refractivity contribution is -0.182. The molecule has 0 aromatic heterocycles. The van der Waals surface area contributed by atoms with Gasteiger partial charge in [-0.05, 0) is 22.3 Å². The first-order valence-electron chi connectivity index (χ1n) is 10.9. The van der Waals surface area contributed by atoms with E-state index in [1.54, 1.807) is 0 Å². The Kier molecular flexibility index (Phi) is 7.22. The highest BCUT2D eigenvalue weighted by molar-refractivity contribution is 6.99. The highest BCUT2D eigenvalue weighted by Gasteiger charge is 2.56. The lowest BCUT2D eigenvalue weighted by atomic mass is 9.93. The van der Waals surface area contributed by atoms with E-state index in [4.69, 9.17) is 13.9 Å². The van der Waals surface area contributed by atoms with Crippen molar-refractivity contribution in [3.8, 4) is 0 Å². The van der Waals surface area contributed by atoms with Crippen molar-refractivity contribution in [3.63, 3.8) is 0 Å². The number of carbonyl (C=O) groups excluding carboxylic acids is 2. The number of hydrogen-bond acceptors (Lipinski definition) is 5. The molecule has 1 amide bonds. The maximum Gasteiger partial charge on any atom is 0.325 e. The van der Waals surface area contributed by atoms with Crippen LogP contribution in [-0.2, 0) is 23.5 Å². The molecule has 1 saturated heterocycles. The van der Waals surface area contributed by atoms with Crippen molar-refractivity contribution in [2.24, 2.45) is 0 Å². The number of benzene rings is 2. The molecule has 1 heterocycles. The fourth-order valence-corrected chi connectivity index (χ4v) is 9.42. The summed E-state index contributed by atoms with van der Waals surface area (Å²) in [6.07, 6.45) is -1.01. The Morgan fingerprint density at radius 3 is 1.91 bits per heavy atom. The Labute approximate surface area is 191 Å². The van der Waals surface area contributed by atoms with Crippen molar-refractivity contribution in [1.29, 1.82) is 0 Å². The normalized spacial score (nSPS) is 19.9. The Morgan fingerprint density at radius 1 is 1.00 bits per heavy atom. The first kappa shape index (κ1) is 24.2. The first-order chi connectivity index (χ1) is 15.2. The molecule has 0 N–H and O–H groups in total. The average molecular weight is 456 g/mol. The van der Waals surface area contributed by atoms with E-state index in [-0.39, 0.29) is 29.6 Å². The predicted molar refractivity (Wildman–Crippen MR) is 126 cm³/mol. The molecule has 0 bridgehead atoms. The standard InChI is InChI=1S/C25H33NO5Si/c1-18(22-23(30-6)24(28)26(22)17-21(27)29-5)31-32(25(2,3)4,19-13-9-7-10-14-19)20-15-11-8-12-16-20/h7-16,18,22-23H,17H2,1-6H3/t18-,22+,23-/m0/s1. The van der Waals surface area contributed by atoms with Crippen LogP contribution >= 0.6 is 0 Å². The number of likely N-dealkylation sites (tertiary alicyclic amines) is 1. The second-order valence-electron chi connectivity index (χ2n) is 9.18. The number of ether oxygens (including phenoxy) is 2. The van der Waals surface area contributed by atoms with E-state index in [2.05, 4.69) is 45.0 Å². The molecule has 172 valence electrons. The highest BCUT2D eigenvalue weighted by Crippen LogP contribution is 2.39. The number of amides is 1. The minimum atomic E-state index is -2.81. The van der Waals surface area contributed by atoms with Crippen LogP contribution in [-0.4, -0.2) is 64.1 Å². The third kappa shape index (κ3) is 4.24. The van der Waals surface area contributed by atoms with Crippen molar-refractivity contribution in [3.05, 3.63) is 60.7 Å². The van der Waals surface area contributed by atoms with Gasteiger partial charge in [0.15, 0.2) is 6.10 Å². The van der Waals surface area contributed by atoms with Gasteiger partial charge in [-0.2, -0.15) is 0 Å². The van der Waals surface area contributed by atoms with E-state index < -0.39 is 20.4 Å². The van der Waals surface area contributed by atoms with Gasteiger partial charge in [-0.3, -0.25) is 9.59 Å². The smallest absolute Gasteiger partial charge is 0.325 e. The Balaban J connectivity index is 2.06. The van der Waals surface area contributed by atoms with E-state index in [9.17, 15) is 9.59 Å². The predicted octanol–water partition coefficient (Wildman–Crippen LogP) is 2.35. The lowest BCUT2D eigenvalue weighted by Gasteiger charge is -2.52. The monoisotopic (exact) mass is 455 g/mol. The third-order valence-corrected chi connectivity index (χ3v) is 11.4. The van der Waals surface area contributed by atoms with Gasteiger partial charge in [-0.1, -0.05) is 81.4 Å². The molecule has 0 aliphatic carbocycles. The summed E-state index contributed by atoms with van der Waals surface area (Å²) in [5.74, 6) is -0.684. The summed E-state index contributed by atoms with van der Waals surface area (Å²) in [6.45, 7) is 8.47. The van der Waals surface area contributed by atoms with Crippen LogP contribution in [0.1, 0.15) is 27.7 Å². The van der Waals surface area contributed by atoms with Gasteiger partial charge >= 0.3 is 5.97 Å². The molecule has 2 aromatic rings. The van der Waals surface area contributed by atoms with Gasteiger partial charge in [0.05, 0.1) is 19.3 Å². The van der Waals surface area contributed by atoms with Crippen LogP contribution < -0.4 is 10.4 Å². The summed E-state index contributed by atoms with van der Waals surface area (Å²) in [7, 11) is 0.0222. The summed E-state index contributed by atoms with van der Waals surface area (Å²) in [4.78, 5) is 26.0. The number of β-lactam (4-membered cyclic amide) rings is 1. The second kappa shape index (κ2) is 9.56. The van der Waals surface area contributed by atoms with Gasteiger partial charge in [0.2, 0.25) is 0 Å². The van der Waals surface area contributed by atoms with E-state index in [0.717, 1.165) is 10.4 Å². The second-order valence-corrected chi connectivity index (χ2v) is 13.4. The minimum Gasteiger partial charge on any atom is -0.468 e. The van der Waals surface area contributed by atoms with E-state index in [1.807, 2.05) is 43.3 Å². The van der Waals surface area contributed by atoms with Gasteiger partial charge in [0, 0.05) is 7.11 Å². The molecule has 3 rings (SSSR count). The molecule has 6 nitrogen and oxygen atoms in total. The largest absolute Gasteiger partial charge is 0.468 e. The molecule has 32 heavy (non-hydrogen) atoms. The van der Waals surface area contributed by atoms with Crippen LogP contribution in [0.15, 0.2) is 60.7 Å². The Morgan fingerprint density at radius 2 is 1.50 bits per heavy atom. The summed E-state index contributed by atoms with van der Waals surface area (Å²) >= 11 is 0. The summed E-state index contributed by atoms with van der Waals surface area (Å²) < 4.78 is 17.4. The molecule has 1 fully saturated rings. The summed E-state index contributed by atoms with van der Waals surface area (Å²) in [5, 5.41) is 2.11. The van der Waals surface area contributed by atoms with Gasteiger partial charge in [-0.15, -0.1) is 0 Å². The van der Waals surface area contributed by atoms with E-state index in [0.29, 0.717) is 0 Å². The quantitative estimate of drug-likeness (QED) is 0.347. The number of nitrogens with zero attached hydrogens (tertiary/aromatic N) is 1.